The number of thioether (sulfide) groups is 2. The first-order chi connectivity index (χ1) is 7.74. The van der Waals surface area contributed by atoms with E-state index in [-0.39, 0.29) is 5.97 Å². The third kappa shape index (κ3) is 5.27. The van der Waals surface area contributed by atoms with Gasteiger partial charge in [0.15, 0.2) is 0 Å². The van der Waals surface area contributed by atoms with Crippen LogP contribution in [0.25, 0.3) is 0 Å². The van der Waals surface area contributed by atoms with Crippen molar-refractivity contribution in [3.8, 4) is 0 Å². The minimum absolute atomic E-state index is 0.291. The van der Waals surface area contributed by atoms with E-state index in [0.29, 0.717) is 24.0 Å². The molecule has 0 aromatic heterocycles. The molecule has 92 valence electrons. The standard InChI is InChI=1S/C11H19NO2S2/c1-3-14-11(13)9(2)6-12-7-10-8-15-4-5-16-10/h10,12H,2-8H2,1H3. The Hall–Kier alpha value is -0.130. The first-order valence-corrected chi connectivity index (χ1v) is 7.69. The van der Waals surface area contributed by atoms with Crippen molar-refractivity contribution < 1.29 is 9.53 Å². The molecule has 1 aliphatic rings. The van der Waals surface area contributed by atoms with Gasteiger partial charge in [-0.3, -0.25) is 0 Å². The topological polar surface area (TPSA) is 38.3 Å². The minimum Gasteiger partial charge on any atom is -0.463 e. The molecule has 1 saturated heterocycles. The molecule has 0 radical (unpaired) electrons. The average Bonchev–Trinajstić information content (AvgIpc) is 2.30. The van der Waals surface area contributed by atoms with Crippen molar-refractivity contribution in [1.82, 2.24) is 5.32 Å². The van der Waals surface area contributed by atoms with Crippen LogP contribution in [0.5, 0.6) is 0 Å². The first kappa shape index (κ1) is 13.9. The molecule has 0 aliphatic carbocycles. The Morgan fingerprint density at radius 1 is 1.56 bits per heavy atom. The zero-order valence-electron chi connectivity index (χ0n) is 9.66. The number of esters is 1. The van der Waals surface area contributed by atoms with E-state index < -0.39 is 0 Å². The molecule has 16 heavy (non-hydrogen) atoms. The Balaban J connectivity index is 2.09. The molecule has 0 amide bonds. The molecule has 1 N–H and O–H groups in total. The van der Waals surface area contributed by atoms with Crippen LogP contribution in [0.2, 0.25) is 0 Å². The molecule has 1 unspecified atom stereocenters. The summed E-state index contributed by atoms with van der Waals surface area (Å²) >= 11 is 4.01. The van der Waals surface area contributed by atoms with Crippen LogP contribution in [-0.4, -0.2) is 48.2 Å². The van der Waals surface area contributed by atoms with E-state index in [1.807, 2.05) is 23.5 Å². The second-order valence-corrected chi connectivity index (χ2v) is 6.08. The summed E-state index contributed by atoms with van der Waals surface area (Å²) in [6.07, 6.45) is 0. The molecule has 1 fully saturated rings. The molecular formula is C11H19NO2S2. The number of hydrogen-bond donors (Lipinski definition) is 1. The van der Waals surface area contributed by atoms with Gasteiger partial charge in [-0.15, -0.1) is 0 Å². The Kier molecular flexibility index (Phi) is 7.00. The van der Waals surface area contributed by atoms with Crippen molar-refractivity contribution >= 4 is 29.5 Å². The highest BCUT2D eigenvalue weighted by Gasteiger charge is 2.14. The largest absolute Gasteiger partial charge is 0.463 e. The molecule has 1 rings (SSSR count). The molecule has 0 aromatic carbocycles. The maximum absolute atomic E-state index is 11.3. The Morgan fingerprint density at radius 2 is 2.38 bits per heavy atom. The van der Waals surface area contributed by atoms with Crippen LogP contribution in [0.3, 0.4) is 0 Å². The Bertz CT molecular complexity index is 240. The van der Waals surface area contributed by atoms with Crippen LogP contribution >= 0.6 is 23.5 Å². The van der Waals surface area contributed by atoms with E-state index in [1.165, 1.54) is 17.3 Å². The normalized spacial score (nSPS) is 20.4. The van der Waals surface area contributed by atoms with Gasteiger partial charge in [-0.25, -0.2) is 4.79 Å². The highest BCUT2D eigenvalue weighted by Crippen LogP contribution is 2.23. The number of rotatable bonds is 6. The predicted octanol–water partition coefficient (Wildman–Crippen LogP) is 1.54. The molecule has 3 nitrogen and oxygen atoms in total. The van der Waals surface area contributed by atoms with Crippen molar-refractivity contribution in [2.24, 2.45) is 0 Å². The summed E-state index contributed by atoms with van der Waals surface area (Å²) < 4.78 is 4.86. The van der Waals surface area contributed by atoms with Gasteiger partial charge in [0.05, 0.1) is 6.61 Å². The molecule has 0 bridgehead atoms. The van der Waals surface area contributed by atoms with Crippen LogP contribution < -0.4 is 5.32 Å². The molecule has 0 spiro atoms. The van der Waals surface area contributed by atoms with Crippen molar-refractivity contribution in [2.45, 2.75) is 12.2 Å². The van der Waals surface area contributed by atoms with E-state index in [9.17, 15) is 4.79 Å². The van der Waals surface area contributed by atoms with Gasteiger partial charge in [0, 0.05) is 41.2 Å². The van der Waals surface area contributed by atoms with Crippen LogP contribution in [0.4, 0.5) is 0 Å². The van der Waals surface area contributed by atoms with Gasteiger partial charge in [0.2, 0.25) is 0 Å². The van der Waals surface area contributed by atoms with E-state index >= 15 is 0 Å². The smallest absolute Gasteiger partial charge is 0.334 e. The quantitative estimate of drug-likeness (QED) is 0.580. The first-order valence-electron chi connectivity index (χ1n) is 5.49. The Morgan fingerprint density at radius 3 is 3.00 bits per heavy atom. The zero-order valence-corrected chi connectivity index (χ0v) is 11.3. The van der Waals surface area contributed by atoms with Gasteiger partial charge in [0.1, 0.15) is 0 Å². The number of ether oxygens (including phenoxy) is 1. The molecule has 1 aliphatic heterocycles. The van der Waals surface area contributed by atoms with Gasteiger partial charge >= 0.3 is 5.97 Å². The van der Waals surface area contributed by atoms with Crippen LogP contribution in [0, 0.1) is 0 Å². The lowest BCUT2D eigenvalue weighted by molar-refractivity contribution is -0.138. The van der Waals surface area contributed by atoms with Crippen molar-refractivity contribution in [3.63, 3.8) is 0 Å². The molecule has 5 heteroatoms. The van der Waals surface area contributed by atoms with Gasteiger partial charge in [-0.1, -0.05) is 6.58 Å². The number of hydrogen-bond acceptors (Lipinski definition) is 5. The average molecular weight is 261 g/mol. The maximum atomic E-state index is 11.3. The molecule has 1 heterocycles. The summed E-state index contributed by atoms with van der Waals surface area (Å²) in [5.41, 5.74) is 0.510. The summed E-state index contributed by atoms with van der Waals surface area (Å²) in [6, 6.07) is 0. The molecule has 0 saturated carbocycles. The SMILES string of the molecule is C=C(CNCC1CSCCS1)C(=O)OCC. The van der Waals surface area contributed by atoms with E-state index in [4.69, 9.17) is 4.74 Å². The monoisotopic (exact) mass is 261 g/mol. The number of nitrogens with one attached hydrogen (secondary N) is 1. The minimum atomic E-state index is -0.291. The zero-order chi connectivity index (χ0) is 11.8. The van der Waals surface area contributed by atoms with Gasteiger partial charge in [0.25, 0.3) is 0 Å². The second-order valence-electron chi connectivity index (χ2n) is 3.52. The highest BCUT2D eigenvalue weighted by molar-refractivity contribution is 8.06. The summed E-state index contributed by atoms with van der Waals surface area (Å²) in [4.78, 5) is 11.3. The number of carbonyl (C=O) groups excluding carboxylic acids is 1. The van der Waals surface area contributed by atoms with Crippen LogP contribution in [0.1, 0.15) is 6.92 Å². The third-order valence-corrected chi connectivity index (χ3v) is 5.00. The second kappa shape index (κ2) is 8.03. The lowest BCUT2D eigenvalue weighted by Gasteiger charge is -2.21. The fourth-order valence-electron chi connectivity index (χ4n) is 1.34. The highest BCUT2D eigenvalue weighted by atomic mass is 32.2. The van der Waals surface area contributed by atoms with Gasteiger partial charge in [-0.05, 0) is 6.92 Å². The molecule has 0 aromatic rings. The van der Waals surface area contributed by atoms with Gasteiger partial charge in [-0.2, -0.15) is 23.5 Å². The molecular weight excluding hydrogens is 242 g/mol. The van der Waals surface area contributed by atoms with Gasteiger partial charge < -0.3 is 10.1 Å². The fourth-order valence-corrected chi connectivity index (χ4v) is 3.99. The fraction of sp³-hybridized carbons (Fsp3) is 0.727. The summed E-state index contributed by atoms with van der Waals surface area (Å²) in [5.74, 6) is 3.40. The summed E-state index contributed by atoms with van der Waals surface area (Å²) in [5, 5.41) is 3.92. The van der Waals surface area contributed by atoms with Crippen molar-refractivity contribution in [3.05, 3.63) is 12.2 Å². The van der Waals surface area contributed by atoms with Crippen LogP contribution in [-0.2, 0) is 9.53 Å². The predicted molar refractivity (Wildman–Crippen MR) is 72.2 cm³/mol. The maximum Gasteiger partial charge on any atom is 0.334 e. The summed E-state index contributed by atoms with van der Waals surface area (Å²) in [7, 11) is 0. The summed E-state index contributed by atoms with van der Waals surface area (Å²) in [6.45, 7) is 7.39. The third-order valence-electron chi connectivity index (χ3n) is 2.16. The lowest BCUT2D eigenvalue weighted by Crippen LogP contribution is -2.31. The van der Waals surface area contributed by atoms with Crippen molar-refractivity contribution in [2.75, 3.05) is 37.0 Å². The van der Waals surface area contributed by atoms with Crippen molar-refractivity contribution in [1.29, 1.82) is 0 Å². The molecule has 1 atom stereocenters. The van der Waals surface area contributed by atoms with E-state index in [0.717, 1.165) is 6.54 Å². The number of carbonyl (C=O) groups is 1. The van der Waals surface area contributed by atoms with Crippen LogP contribution in [0.15, 0.2) is 12.2 Å². The van der Waals surface area contributed by atoms with E-state index in [1.54, 1.807) is 6.92 Å². The Labute approximate surface area is 106 Å². The van der Waals surface area contributed by atoms with E-state index in [2.05, 4.69) is 11.9 Å². The lowest BCUT2D eigenvalue weighted by atomic mass is 10.3.